The Bertz CT molecular complexity index is 401. The van der Waals surface area contributed by atoms with Crippen LogP contribution in [-0.4, -0.2) is 28.9 Å². The number of carbonyl (C=O) groups excluding carboxylic acids is 1. The van der Waals surface area contributed by atoms with Crippen LogP contribution >= 0.6 is 11.3 Å². The Morgan fingerprint density at radius 3 is 2.81 bits per heavy atom. The fraction of sp³-hybridized carbons (Fsp3) is 0.455. The van der Waals surface area contributed by atoms with Gasteiger partial charge in [-0.15, -0.1) is 11.3 Å². The molecule has 1 aliphatic rings. The molecule has 5 heteroatoms. The first kappa shape index (κ1) is 11.1. The summed E-state index contributed by atoms with van der Waals surface area (Å²) in [4.78, 5) is 25.2. The number of amides is 1. The van der Waals surface area contributed by atoms with Crippen molar-refractivity contribution in [3.05, 3.63) is 22.4 Å². The molecule has 1 fully saturated rings. The van der Waals surface area contributed by atoms with Gasteiger partial charge >= 0.3 is 5.97 Å². The van der Waals surface area contributed by atoms with Crippen molar-refractivity contribution in [1.29, 1.82) is 0 Å². The molecule has 16 heavy (non-hydrogen) atoms. The Kier molecular flexibility index (Phi) is 2.96. The number of hydrogen-bond donors (Lipinski definition) is 1. The van der Waals surface area contributed by atoms with Crippen LogP contribution in [0.25, 0.3) is 0 Å². The molecular formula is C11H13NO3S. The third-order valence-corrected chi connectivity index (χ3v) is 3.64. The van der Waals surface area contributed by atoms with Crippen molar-refractivity contribution < 1.29 is 14.7 Å². The van der Waals surface area contributed by atoms with Crippen LogP contribution in [0.4, 0.5) is 0 Å². The predicted octanol–water partition coefficient (Wildman–Crippen LogP) is 1.43. The summed E-state index contributed by atoms with van der Waals surface area (Å²) in [5, 5.41) is 10.7. The minimum absolute atomic E-state index is 0.0548. The summed E-state index contributed by atoms with van der Waals surface area (Å²) in [6.07, 6.45) is 0.489. The zero-order valence-electron chi connectivity index (χ0n) is 8.92. The molecule has 86 valence electrons. The van der Waals surface area contributed by atoms with E-state index in [9.17, 15) is 9.59 Å². The molecule has 0 saturated heterocycles. The molecule has 1 N–H and O–H groups in total. The first-order valence-electron chi connectivity index (χ1n) is 5.09. The van der Waals surface area contributed by atoms with E-state index < -0.39 is 11.9 Å². The van der Waals surface area contributed by atoms with E-state index in [1.807, 2.05) is 17.5 Å². The fourth-order valence-electron chi connectivity index (χ4n) is 1.74. The average Bonchev–Trinajstić information content (AvgIpc) is 2.89. The number of hydrogen-bond acceptors (Lipinski definition) is 3. The van der Waals surface area contributed by atoms with Crippen LogP contribution in [0.3, 0.4) is 0 Å². The van der Waals surface area contributed by atoms with E-state index in [4.69, 9.17) is 5.11 Å². The van der Waals surface area contributed by atoms with Crippen LogP contribution < -0.4 is 0 Å². The SMILES string of the molecule is CN(Cc1cccs1)C(=O)C1CC1C(=O)O. The van der Waals surface area contributed by atoms with Gasteiger partial charge < -0.3 is 10.0 Å². The molecule has 0 aromatic carbocycles. The molecule has 0 bridgehead atoms. The highest BCUT2D eigenvalue weighted by Crippen LogP contribution is 2.40. The van der Waals surface area contributed by atoms with Crippen molar-refractivity contribution in [2.75, 3.05) is 7.05 Å². The number of aliphatic carboxylic acids is 1. The minimum Gasteiger partial charge on any atom is -0.481 e. The fourth-order valence-corrected chi connectivity index (χ4v) is 2.50. The molecule has 4 nitrogen and oxygen atoms in total. The zero-order valence-corrected chi connectivity index (χ0v) is 9.74. The maximum absolute atomic E-state index is 11.8. The molecule has 0 aliphatic heterocycles. The van der Waals surface area contributed by atoms with Crippen LogP contribution in [0.5, 0.6) is 0 Å². The van der Waals surface area contributed by atoms with E-state index in [1.165, 1.54) is 0 Å². The van der Waals surface area contributed by atoms with Gasteiger partial charge in [0, 0.05) is 11.9 Å². The van der Waals surface area contributed by atoms with E-state index >= 15 is 0 Å². The number of carboxylic acid groups (broad SMARTS) is 1. The van der Waals surface area contributed by atoms with Gasteiger partial charge in [0.15, 0.2) is 0 Å². The quantitative estimate of drug-likeness (QED) is 0.864. The van der Waals surface area contributed by atoms with Crippen molar-refractivity contribution in [3.63, 3.8) is 0 Å². The normalized spacial score (nSPS) is 22.8. The van der Waals surface area contributed by atoms with Crippen LogP contribution in [0.15, 0.2) is 17.5 Å². The highest BCUT2D eigenvalue weighted by Gasteiger charge is 2.49. The summed E-state index contributed by atoms with van der Waals surface area (Å²) in [5.41, 5.74) is 0. The summed E-state index contributed by atoms with van der Waals surface area (Å²) >= 11 is 1.60. The summed E-state index contributed by atoms with van der Waals surface area (Å²) in [6.45, 7) is 0.569. The molecular weight excluding hydrogens is 226 g/mol. The Labute approximate surface area is 97.5 Å². The number of thiophene rings is 1. The first-order chi connectivity index (χ1) is 7.59. The lowest BCUT2D eigenvalue weighted by atomic mass is 10.3. The van der Waals surface area contributed by atoms with Gasteiger partial charge in [0.05, 0.1) is 18.4 Å². The maximum atomic E-state index is 11.8. The van der Waals surface area contributed by atoms with Gasteiger partial charge in [-0.3, -0.25) is 9.59 Å². The lowest BCUT2D eigenvalue weighted by Crippen LogP contribution is -2.28. The summed E-state index contributed by atoms with van der Waals surface area (Å²) in [6, 6.07) is 3.91. The van der Waals surface area contributed by atoms with E-state index in [2.05, 4.69) is 0 Å². The first-order valence-corrected chi connectivity index (χ1v) is 5.97. The smallest absolute Gasteiger partial charge is 0.307 e. The van der Waals surface area contributed by atoms with E-state index in [0.717, 1.165) is 4.88 Å². The maximum Gasteiger partial charge on any atom is 0.307 e. The number of rotatable bonds is 4. The van der Waals surface area contributed by atoms with E-state index in [1.54, 1.807) is 23.3 Å². The summed E-state index contributed by atoms with van der Waals surface area (Å²) in [5.74, 6) is -1.68. The van der Waals surface area contributed by atoms with Crippen molar-refractivity contribution >= 4 is 23.2 Å². The van der Waals surface area contributed by atoms with Gasteiger partial charge in [-0.2, -0.15) is 0 Å². The lowest BCUT2D eigenvalue weighted by molar-refractivity contribution is -0.141. The largest absolute Gasteiger partial charge is 0.481 e. The third kappa shape index (κ3) is 2.24. The molecule has 2 atom stereocenters. The Balaban J connectivity index is 1.89. The van der Waals surface area contributed by atoms with Gasteiger partial charge in [0.25, 0.3) is 0 Å². The summed E-state index contributed by atoms with van der Waals surface area (Å²) < 4.78 is 0. The number of nitrogens with zero attached hydrogens (tertiary/aromatic N) is 1. The molecule has 2 unspecified atom stereocenters. The zero-order chi connectivity index (χ0) is 11.7. The summed E-state index contributed by atoms with van der Waals surface area (Å²) in [7, 11) is 1.72. The number of carbonyl (C=O) groups is 2. The molecule has 1 aliphatic carbocycles. The predicted molar refractivity (Wildman–Crippen MR) is 60.0 cm³/mol. The Hall–Kier alpha value is -1.36. The average molecular weight is 239 g/mol. The molecule has 1 aromatic rings. The lowest BCUT2D eigenvalue weighted by Gasteiger charge is -2.15. The second-order valence-electron chi connectivity index (χ2n) is 4.06. The molecule has 1 aromatic heterocycles. The van der Waals surface area contributed by atoms with Gasteiger partial charge in [0.2, 0.25) is 5.91 Å². The third-order valence-electron chi connectivity index (χ3n) is 2.77. The van der Waals surface area contributed by atoms with Gasteiger partial charge in [-0.1, -0.05) is 6.07 Å². The van der Waals surface area contributed by atoms with Crippen molar-refractivity contribution in [2.24, 2.45) is 11.8 Å². The number of carboxylic acids is 1. The van der Waals surface area contributed by atoms with Gasteiger partial charge in [-0.05, 0) is 17.9 Å². The standard InChI is InChI=1S/C11H13NO3S/c1-12(6-7-3-2-4-16-7)10(13)8-5-9(8)11(14)15/h2-4,8-9H,5-6H2,1H3,(H,14,15). The van der Waals surface area contributed by atoms with E-state index in [0.29, 0.717) is 13.0 Å². The van der Waals surface area contributed by atoms with Crippen LogP contribution in [-0.2, 0) is 16.1 Å². The van der Waals surface area contributed by atoms with Crippen molar-refractivity contribution in [3.8, 4) is 0 Å². The molecule has 0 radical (unpaired) electrons. The second-order valence-corrected chi connectivity index (χ2v) is 5.09. The van der Waals surface area contributed by atoms with Crippen LogP contribution in [0.2, 0.25) is 0 Å². The minimum atomic E-state index is -0.858. The molecule has 1 amide bonds. The highest BCUT2D eigenvalue weighted by molar-refractivity contribution is 7.09. The molecule has 1 heterocycles. The molecule has 1 saturated carbocycles. The molecule has 2 rings (SSSR count). The van der Waals surface area contributed by atoms with Gasteiger partial charge in [0.1, 0.15) is 0 Å². The Morgan fingerprint density at radius 2 is 2.31 bits per heavy atom. The monoisotopic (exact) mass is 239 g/mol. The van der Waals surface area contributed by atoms with Crippen molar-refractivity contribution in [2.45, 2.75) is 13.0 Å². The van der Waals surface area contributed by atoms with Crippen molar-refractivity contribution in [1.82, 2.24) is 4.90 Å². The molecule has 0 spiro atoms. The Morgan fingerprint density at radius 1 is 1.56 bits per heavy atom. The van der Waals surface area contributed by atoms with Crippen LogP contribution in [0, 0.1) is 11.8 Å². The highest BCUT2D eigenvalue weighted by atomic mass is 32.1. The second kappa shape index (κ2) is 4.25. The van der Waals surface area contributed by atoms with Crippen LogP contribution in [0.1, 0.15) is 11.3 Å². The van der Waals surface area contributed by atoms with E-state index in [-0.39, 0.29) is 11.8 Å². The topological polar surface area (TPSA) is 57.6 Å². The van der Waals surface area contributed by atoms with Gasteiger partial charge in [-0.25, -0.2) is 0 Å².